The zero-order valence-corrected chi connectivity index (χ0v) is 33.2. The molecule has 8 rings (SSSR count). The molecule has 2 aliphatic carbocycles. The largest absolute Gasteiger partial charge is 0.444 e. The highest BCUT2D eigenvalue weighted by molar-refractivity contribution is 7.99. The first kappa shape index (κ1) is 36.1. The fourth-order valence-electron chi connectivity index (χ4n) is 8.50. The molecule has 2 aromatic heterocycles. The number of ether oxygens (including phenoxy) is 2. The van der Waals surface area contributed by atoms with Crippen LogP contribution in [-0.2, 0) is 21.3 Å². The number of fused-ring (bicyclic) bond motifs is 2. The predicted molar refractivity (Wildman–Crippen MR) is 212 cm³/mol. The average molecular weight is 755 g/mol. The van der Waals surface area contributed by atoms with E-state index in [2.05, 4.69) is 46.4 Å². The van der Waals surface area contributed by atoms with E-state index < -0.39 is 11.2 Å². The van der Waals surface area contributed by atoms with Crippen molar-refractivity contribution in [2.24, 2.45) is 0 Å². The number of benzene rings is 2. The number of imidazole rings is 2. The van der Waals surface area contributed by atoms with E-state index in [1.54, 1.807) is 33.3 Å². The van der Waals surface area contributed by atoms with Crippen LogP contribution < -0.4 is 0 Å². The van der Waals surface area contributed by atoms with Crippen molar-refractivity contribution in [1.29, 1.82) is 0 Å². The third kappa shape index (κ3) is 7.09. The van der Waals surface area contributed by atoms with E-state index >= 15 is 0 Å². The first-order chi connectivity index (χ1) is 25.3. The zero-order valence-electron chi connectivity index (χ0n) is 31.6. The number of aromatic amines is 2. The molecule has 4 aromatic rings. The van der Waals surface area contributed by atoms with Gasteiger partial charge < -0.3 is 19.4 Å². The van der Waals surface area contributed by atoms with Gasteiger partial charge in [-0.3, -0.25) is 9.80 Å². The minimum Gasteiger partial charge on any atom is -0.444 e. The summed E-state index contributed by atoms with van der Waals surface area (Å²) >= 11 is 3.43. The van der Waals surface area contributed by atoms with Gasteiger partial charge >= 0.3 is 12.2 Å². The van der Waals surface area contributed by atoms with Gasteiger partial charge in [0.15, 0.2) is 0 Å². The van der Waals surface area contributed by atoms with Crippen molar-refractivity contribution in [1.82, 2.24) is 29.7 Å². The highest BCUT2D eigenvalue weighted by Crippen LogP contribution is 2.55. The highest BCUT2D eigenvalue weighted by atomic mass is 32.2. The van der Waals surface area contributed by atoms with E-state index in [1.807, 2.05) is 53.9 Å². The van der Waals surface area contributed by atoms with Crippen LogP contribution in [0.15, 0.2) is 48.8 Å². The van der Waals surface area contributed by atoms with E-state index in [9.17, 15) is 9.59 Å². The number of amides is 2. The molecule has 1 saturated carbocycles. The Morgan fingerprint density at radius 3 is 2.13 bits per heavy atom. The van der Waals surface area contributed by atoms with Crippen LogP contribution in [0.2, 0.25) is 0 Å². The Morgan fingerprint density at radius 1 is 0.792 bits per heavy atom. The summed E-state index contributed by atoms with van der Waals surface area (Å²) in [4.78, 5) is 46.2. The second-order valence-electron chi connectivity index (χ2n) is 16.8. The van der Waals surface area contributed by atoms with E-state index in [0.717, 1.165) is 46.5 Å². The summed E-state index contributed by atoms with van der Waals surface area (Å²) in [7, 11) is 0. The smallest absolute Gasteiger partial charge is 0.411 e. The molecule has 2 aliphatic heterocycles. The number of carbonyl (C=O) groups is 2. The molecule has 53 heavy (non-hydrogen) atoms. The molecule has 10 nitrogen and oxygen atoms in total. The van der Waals surface area contributed by atoms with Crippen LogP contribution in [-0.4, -0.2) is 77.1 Å². The molecule has 12 heteroatoms. The molecule has 0 unspecified atom stereocenters. The Kier molecular flexibility index (Phi) is 9.36. The lowest BCUT2D eigenvalue weighted by Gasteiger charge is -2.28. The van der Waals surface area contributed by atoms with Crippen LogP contribution in [0.1, 0.15) is 108 Å². The fourth-order valence-corrected chi connectivity index (χ4v) is 10.8. The van der Waals surface area contributed by atoms with Crippen LogP contribution >= 0.6 is 23.5 Å². The summed E-state index contributed by atoms with van der Waals surface area (Å²) in [5, 5.41) is -0.200. The maximum atomic E-state index is 13.0. The van der Waals surface area contributed by atoms with Gasteiger partial charge in [0.05, 0.1) is 29.7 Å². The molecule has 0 bridgehead atoms. The Labute approximate surface area is 320 Å². The van der Waals surface area contributed by atoms with Gasteiger partial charge in [-0.15, -0.1) is 23.5 Å². The third-order valence-electron chi connectivity index (χ3n) is 10.8. The number of thioether (sulfide) groups is 2. The molecule has 4 aliphatic rings. The summed E-state index contributed by atoms with van der Waals surface area (Å²) in [5.74, 6) is 3.79. The number of carbonyl (C=O) groups excluding carboxylic acids is 2. The normalized spacial score (nSPS) is 21.1. The number of hydrogen-bond acceptors (Lipinski definition) is 8. The zero-order chi connectivity index (χ0) is 37.1. The van der Waals surface area contributed by atoms with Crippen LogP contribution in [0.5, 0.6) is 0 Å². The summed E-state index contributed by atoms with van der Waals surface area (Å²) in [5.41, 5.74) is 8.78. The van der Waals surface area contributed by atoms with Crippen molar-refractivity contribution >= 4 is 35.7 Å². The molecule has 2 aromatic carbocycles. The van der Waals surface area contributed by atoms with Crippen molar-refractivity contribution < 1.29 is 19.1 Å². The molecule has 0 radical (unpaired) electrons. The molecule has 280 valence electrons. The SMILES string of the molecule is CC(C)(C)OC(=O)N1CSC[C@H]1c1ncc(-c2ccc(-c3ccc(-c4cnc([C@@H]5SCCN5C(=O)OC(C)(C)C)[nH]4)cc3)c3c2CCC32CCCC2)[nH]1. The molecule has 4 heterocycles. The summed E-state index contributed by atoms with van der Waals surface area (Å²) in [6, 6.07) is 13.2. The number of nitrogens with zero attached hydrogens (tertiary/aromatic N) is 4. The van der Waals surface area contributed by atoms with Gasteiger partial charge in [-0.2, -0.15) is 0 Å². The Hall–Kier alpha value is -3.90. The molecule has 2 saturated heterocycles. The van der Waals surface area contributed by atoms with E-state index in [-0.39, 0.29) is 29.0 Å². The van der Waals surface area contributed by atoms with Gasteiger partial charge in [0, 0.05) is 23.6 Å². The lowest BCUT2D eigenvalue weighted by molar-refractivity contribution is 0.0228. The summed E-state index contributed by atoms with van der Waals surface area (Å²) in [6.45, 7) is 12.0. The van der Waals surface area contributed by atoms with Crippen molar-refractivity contribution in [3.8, 4) is 33.6 Å². The second-order valence-corrected chi connectivity index (χ2v) is 19.0. The number of rotatable bonds is 5. The third-order valence-corrected chi connectivity index (χ3v) is 13.0. The van der Waals surface area contributed by atoms with Gasteiger partial charge in [0.25, 0.3) is 0 Å². The van der Waals surface area contributed by atoms with Gasteiger partial charge in [-0.25, -0.2) is 19.6 Å². The van der Waals surface area contributed by atoms with Crippen molar-refractivity contribution in [2.45, 2.75) is 108 Å². The van der Waals surface area contributed by atoms with Gasteiger partial charge in [-0.1, -0.05) is 49.2 Å². The lowest BCUT2D eigenvalue weighted by atomic mass is 9.76. The molecule has 2 amide bonds. The van der Waals surface area contributed by atoms with Crippen molar-refractivity contribution in [3.63, 3.8) is 0 Å². The average Bonchev–Trinajstić information content (AvgIpc) is 3.95. The van der Waals surface area contributed by atoms with Crippen molar-refractivity contribution in [3.05, 3.63) is 71.6 Å². The molecule has 3 fully saturated rings. The van der Waals surface area contributed by atoms with Crippen LogP contribution in [0.4, 0.5) is 9.59 Å². The maximum Gasteiger partial charge on any atom is 0.411 e. The monoisotopic (exact) mass is 754 g/mol. The molecule has 2 atom stereocenters. The van der Waals surface area contributed by atoms with Crippen LogP contribution in [0, 0.1) is 0 Å². The van der Waals surface area contributed by atoms with E-state index in [1.165, 1.54) is 59.9 Å². The van der Waals surface area contributed by atoms with Gasteiger partial charge in [0.2, 0.25) is 0 Å². The highest BCUT2D eigenvalue weighted by Gasteiger charge is 2.44. The first-order valence-electron chi connectivity index (χ1n) is 18.8. The summed E-state index contributed by atoms with van der Waals surface area (Å²) < 4.78 is 11.4. The van der Waals surface area contributed by atoms with E-state index in [4.69, 9.17) is 19.4 Å². The first-order valence-corrected chi connectivity index (χ1v) is 21.0. The van der Waals surface area contributed by atoms with Gasteiger partial charge in [0.1, 0.15) is 34.3 Å². The minimum absolute atomic E-state index is 0.151. The quantitative estimate of drug-likeness (QED) is 0.207. The molecule has 2 N–H and O–H groups in total. The predicted octanol–water partition coefficient (Wildman–Crippen LogP) is 9.86. The molecular formula is C41H50N6O4S2. The Bertz CT molecular complexity index is 2000. The molecular weight excluding hydrogens is 705 g/mol. The number of hydrogen-bond donors (Lipinski definition) is 2. The van der Waals surface area contributed by atoms with Crippen molar-refractivity contribution in [2.75, 3.05) is 23.9 Å². The maximum absolute atomic E-state index is 13.0. The fraction of sp³-hybridized carbons (Fsp3) is 0.512. The molecule has 1 spiro atoms. The standard InChI is InChI=1S/C41H50N6O4S2/c1-39(2,3)50-37(48)46-19-20-53-36(46)35-43-21-30(44-35)26-11-9-25(10-12-26)27-13-14-28(29-15-18-41(33(27)29)16-7-8-17-41)31-22-42-34(45-31)32-23-52-24-47(32)38(49)51-40(4,5)6/h9-14,21-22,32,36H,7-8,15-20,23-24H2,1-6H3,(H,42,45)(H,43,44)/t32-,36-/m0/s1. The minimum atomic E-state index is -0.550. The topological polar surface area (TPSA) is 116 Å². The number of H-pyrrole nitrogens is 2. The second kappa shape index (κ2) is 13.7. The Morgan fingerprint density at radius 2 is 1.42 bits per heavy atom. The van der Waals surface area contributed by atoms with E-state index in [0.29, 0.717) is 12.4 Å². The van der Waals surface area contributed by atoms with Crippen LogP contribution in [0.3, 0.4) is 0 Å². The van der Waals surface area contributed by atoms with Crippen LogP contribution in [0.25, 0.3) is 33.6 Å². The summed E-state index contributed by atoms with van der Waals surface area (Å²) in [6.07, 6.45) is 10.4. The number of nitrogens with one attached hydrogen (secondary N) is 2. The van der Waals surface area contributed by atoms with Gasteiger partial charge in [-0.05, 0) is 100 Å². The number of aromatic nitrogens is 4. The lowest BCUT2D eigenvalue weighted by Crippen LogP contribution is -2.37. The Balaban J connectivity index is 1.06.